The van der Waals surface area contributed by atoms with E-state index >= 15 is 0 Å². The number of nitrogens with zero attached hydrogens (tertiary/aromatic N) is 5. The lowest BCUT2D eigenvalue weighted by Crippen LogP contribution is -2.40. The maximum Gasteiger partial charge on any atom is 0.407 e. The number of hydrogen-bond acceptors (Lipinski definition) is 11. The highest BCUT2D eigenvalue weighted by Crippen LogP contribution is 2.33. The highest BCUT2D eigenvalue weighted by atomic mass is 16.6. The largest absolute Gasteiger partial charge is 0.444 e. The molecule has 14 heteroatoms. The summed E-state index contributed by atoms with van der Waals surface area (Å²) in [6, 6.07) is 44.6. The third kappa shape index (κ3) is 29.5. The average molecular weight is 1180 g/mol. The van der Waals surface area contributed by atoms with Crippen LogP contribution in [0.25, 0.3) is 0 Å². The van der Waals surface area contributed by atoms with Crippen molar-refractivity contribution in [2.24, 2.45) is 32.8 Å². The summed E-state index contributed by atoms with van der Waals surface area (Å²) in [6.07, 6.45) is 5.31. The Bertz CT molecular complexity index is 2520. The first-order valence-electron chi connectivity index (χ1n) is 29.7. The van der Waals surface area contributed by atoms with E-state index in [0.29, 0.717) is 12.0 Å². The van der Waals surface area contributed by atoms with E-state index in [2.05, 4.69) is 185 Å². The number of carbonyl (C=O) groups excluding carboxylic acids is 3. The van der Waals surface area contributed by atoms with Gasteiger partial charge in [-0.25, -0.2) is 4.79 Å². The van der Waals surface area contributed by atoms with Gasteiger partial charge in [-0.3, -0.25) is 29.2 Å². The van der Waals surface area contributed by atoms with E-state index in [0.717, 1.165) is 130 Å². The maximum atomic E-state index is 11.8. The summed E-state index contributed by atoms with van der Waals surface area (Å²) >= 11 is 0. The lowest BCUT2D eigenvalue weighted by Gasteiger charge is -2.26. The Morgan fingerprint density at radius 3 is 1.15 bits per heavy atom. The van der Waals surface area contributed by atoms with E-state index < -0.39 is 5.60 Å². The SMILES string of the molecule is C.C.C.C.CC(=O)NCC1(C)CCN(Cc2ccccc2)C1.CC(=O)NCC1(C)CCNC1.CC1(C#N)CCN(Cc2ccccc2)C1.CC1(CN)CCN(Cc2ccccc2)C1.CC1(CNC(=O)OC(C)(C)C)CCN(Cc2ccccc2)C1. The number of alkyl carbamates (subject to hydrolysis) is 1. The van der Waals surface area contributed by atoms with Gasteiger partial charge >= 0.3 is 6.09 Å². The molecule has 3 amide bonds. The molecule has 4 aromatic carbocycles. The van der Waals surface area contributed by atoms with Crippen molar-refractivity contribution in [3.63, 3.8) is 0 Å². The fourth-order valence-electron chi connectivity index (χ4n) is 11.2. The molecule has 5 aliphatic heterocycles. The van der Waals surface area contributed by atoms with Crippen molar-refractivity contribution in [3.05, 3.63) is 144 Å². The third-order valence-electron chi connectivity index (χ3n) is 16.3. The summed E-state index contributed by atoms with van der Waals surface area (Å²) in [6.45, 7) is 37.5. The van der Waals surface area contributed by atoms with Crippen LogP contribution in [0.1, 0.15) is 153 Å². The Morgan fingerprint density at radius 1 is 0.518 bits per heavy atom. The lowest BCUT2D eigenvalue weighted by atomic mass is 9.90. The number of hydrogen-bond donors (Lipinski definition) is 5. The molecule has 5 aliphatic rings. The molecule has 0 spiro atoms. The van der Waals surface area contributed by atoms with Crippen LogP contribution in [0.15, 0.2) is 121 Å². The van der Waals surface area contributed by atoms with Gasteiger partial charge in [-0.15, -0.1) is 0 Å². The molecule has 0 aliphatic carbocycles. The highest BCUT2D eigenvalue weighted by Gasteiger charge is 2.37. The van der Waals surface area contributed by atoms with Gasteiger partial charge in [0.05, 0.1) is 11.5 Å². The van der Waals surface area contributed by atoms with E-state index in [-0.39, 0.29) is 69.3 Å². The first kappa shape index (κ1) is 77.4. The predicted molar refractivity (Wildman–Crippen MR) is 357 cm³/mol. The molecule has 4 aromatic rings. The number of amides is 3. The molecule has 0 saturated carbocycles. The molecule has 5 fully saturated rings. The van der Waals surface area contributed by atoms with Gasteiger partial charge in [0.1, 0.15) is 5.60 Å². The molecular formula is C71H118N10O4. The van der Waals surface area contributed by atoms with Crippen molar-refractivity contribution in [1.29, 1.82) is 5.26 Å². The number of ether oxygens (including phenoxy) is 1. The van der Waals surface area contributed by atoms with Crippen LogP contribution in [0.4, 0.5) is 4.79 Å². The number of likely N-dealkylation sites (tertiary alicyclic amines) is 4. The minimum absolute atomic E-state index is 0. The highest BCUT2D eigenvalue weighted by molar-refractivity contribution is 5.73. The summed E-state index contributed by atoms with van der Waals surface area (Å²) in [5.41, 5.74) is 11.6. The second-order valence-electron chi connectivity index (χ2n) is 26.5. The van der Waals surface area contributed by atoms with Gasteiger partial charge in [0.25, 0.3) is 0 Å². The van der Waals surface area contributed by atoms with Crippen molar-refractivity contribution >= 4 is 17.9 Å². The molecule has 476 valence electrons. The molecule has 0 radical (unpaired) electrons. The van der Waals surface area contributed by atoms with E-state index in [1.165, 1.54) is 35.2 Å². The molecule has 5 saturated heterocycles. The van der Waals surface area contributed by atoms with E-state index in [1.54, 1.807) is 13.8 Å². The molecule has 0 bridgehead atoms. The molecule has 5 heterocycles. The van der Waals surface area contributed by atoms with Crippen LogP contribution >= 0.6 is 0 Å². The molecule has 9 rings (SSSR count). The van der Waals surface area contributed by atoms with E-state index in [9.17, 15) is 14.4 Å². The van der Waals surface area contributed by atoms with Gasteiger partial charge in [0.15, 0.2) is 0 Å². The number of carbonyl (C=O) groups is 3. The van der Waals surface area contributed by atoms with Crippen LogP contribution in [0.5, 0.6) is 0 Å². The summed E-state index contributed by atoms with van der Waals surface area (Å²) in [5.74, 6) is 0.135. The van der Waals surface area contributed by atoms with Crippen LogP contribution in [0.2, 0.25) is 0 Å². The molecule has 5 atom stereocenters. The number of nitrogens with one attached hydrogen (secondary N) is 4. The fraction of sp³-hybridized carbons (Fsp3) is 0.606. The second-order valence-corrected chi connectivity index (χ2v) is 26.5. The summed E-state index contributed by atoms with van der Waals surface area (Å²) in [5, 5.41) is 21.0. The number of nitriles is 1. The Labute approximate surface area is 517 Å². The van der Waals surface area contributed by atoms with Crippen molar-refractivity contribution in [1.82, 2.24) is 40.9 Å². The standard InChI is InChI=1S/C18H28N2O2.C15H22N2O.C13H20N2.C13H16N2.C8H16N2O.4CH4/c1-17(2,3)22-16(21)19-13-18(4)10-11-20(14-18)12-15-8-6-5-7-9-15;1-13(18)16-11-15(2)8-9-17(12-15)10-14-6-4-3-5-7-14;2*1-13(10-14)7-8-15(11-13)9-12-5-3-2-4-6-12;1-7(11)10-6-8(2)3-4-9-5-8;;;;/h5-9H,10-14H2,1-4H3,(H,19,21);3-7H,8-12H2,1-2H3,(H,16,18);2-6H,7-11,14H2,1H3;2-6H,7-9,11H2,1H3;9H,3-6H2,1-2H3,(H,10,11);4*1H4. The Balaban J connectivity index is 0.000000533. The van der Waals surface area contributed by atoms with E-state index in [4.69, 9.17) is 15.7 Å². The molecule has 5 unspecified atom stereocenters. The minimum Gasteiger partial charge on any atom is -0.444 e. The first-order valence-corrected chi connectivity index (χ1v) is 29.7. The van der Waals surface area contributed by atoms with Gasteiger partial charge in [0, 0.05) is 98.9 Å². The Hall–Kier alpha value is -5.66. The molecule has 85 heavy (non-hydrogen) atoms. The van der Waals surface area contributed by atoms with Crippen molar-refractivity contribution in [2.45, 2.75) is 163 Å². The van der Waals surface area contributed by atoms with Gasteiger partial charge in [-0.05, 0) is 136 Å². The van der Waals surface area contributed by atoms with Crippen LogP contribution < -0.4 is 27.0 Å². The monoisotopic (exact) mass is 1170 g/mol. The average Bonchev–Trinajstić information content (AvgIpc) is 4.17. The molecule has 14 nitrogen and oxygen atoms in total. The van der Waals surface area contributed by atoms with Gasteiger partial charge < -0.3 is 31.7 Å². The lowest BCUT2D eigenvalue weighted by molar-refractivity contribution is -0.120. The van der Waals surface area contributed by atoms with Crippen LogP contribution in [0, 0.1) is 38.4 Å². The zero-order valence-electron chi connectivity index (χ0n) is 51.3. The minimum atomic E-state index is -0.444. The predicted octanol–water partition coefficient (Wildman–Crippen LogP) is 12.4. The molecule has 0 aromatic heterocycles. The topological polar surface area (TPSA) is 171 Å². The Kier molecular flexibility index (Phi) is 33.8. The smallest absolute Gasteiger partial charge is 0.407 e. The van der Waals surface area contributed by atoms with Gasteiger partial charge in [-0.1, -0.05) is 179 Å². The van der Waals surface area contributed by atoms with Crippen LogP contribution in [-0.2, 0) is 40.5 Å². The van der Waals surface area contributed by atoms with Crippen molar-refractivity contribution in [3.8, 4) is 6.07 Å². The van der Waals surface area contributed by atoms with Crippen molar-refractivity contribution < 1.29 is 19.1 Å². The number of nitrogens with two attached hydrogens (primary N) is 1. The van der Waals surface area contributed by atoms with Gasteiger partial charge in [0.2, 0.25) is 11.8 Å². The molecule has 6 N–H and O–H groups in total. The summed E-state index contributed by atoms with van der Waals surface area (Å²) < 4.78 is 5.30. The summed E-state index contributed by atoms with van der Waals surface area (Å²) in [4.78, 5) is 43.2. The second kappa shape index (κ2) is 37.1. The summed E-state index contributed by atoms with van der Waals surface area (Å²) in [7, 11) is 0. The quantitative estimate of drug-likeness (QED) is 0.0767. The van der Waals surface area contributed by atoms with E-state index in [1.807, 2.05) is 39.0 Å². The third-order valence-corrected chi connectivity index (χ3v) is 16.3. The fourth-order valence-corrected chi connectivity index (χ4v) is 11.2. The molecular weight excluding hydrogens is 1060 g/mol. The van der Waals surface area contributed by atoms with Crippen LogP contribution in [-0.4, -0.2) is 135 Å². The van der Waals surface area contributed by atoms with Crippen LogP contribution in [0.3, 0.4) is 0 Å². The zero-order chi connectivity index (χ0) is 59.0. The number of benzene rings is 4. The van der Waals surface area contributed by atoms with Gasteiger partial charge in [-0.2, -0.15) is 5.26 Å². The Morgan fingerprint density at radius 2 is 0.847 bits per heavy atom. The number of rotatable bonds is 15. The zero-order valence-corrected chi connectivity index (χ0v) is 51.3. The first-order chi connectivity index (χ1) is 38.4. The maximum absolute atomic E-state index is 11.8. The normalized spacial score (nSPS) is 24.3. The van der Waals surface area contributed by atoms with Crippen molar-refractivity contribution in [2.75, 3.05) is 91.6 Å².